The number of carbonyl (C=O) groups excluding carboxylic acids is 1. The van der Waals surface area contributed by atoms with Gasteiger partial charge in [-0.15, -0.1) is 10.2 Å². The summed E-state index contributed by atoms with van der Waals surface area (Å²) in [6.45, 7) is 11.3. The normalized spacial score (nSPS) is 21.3. The smallest absolute Gasteiger partial charge is 0.227 e. The minimum atomic E-state index is 0.0695. The van der Waals surface area contributed by atoms with Gasteiger partial charge < -0.3 is 14.4 Å². The van der Waals surface area contributed by atoms with Crippen molar-refractivity contribution in [3.05, 3.63) is 47.0 Å². The Morgan fingerprint density at radius 2 is 2.00 bits per heavy atom. The predicted molar refractivity (Wildman–Crippen MR) is 123 cm³/mol. The van der Waals surface area contributed by atoms with Crippen LogP contribution in [0.4, 0.5) is 0 Å². The molecule has 0 radical (unpaired) electrons. The van der Waals surface area contributed by atoms with E-state index < -0.39 is 0 Å². The van der Waals surface area contributed by atoms with Crippen LogP contribution in [0.5, 0.6) is 0 Å². The molecule has 2 aliphatic rings. The van der Waals surface area contributed by atoms with Crippen molar-refractivity contribution < 1.29 is 4.79 Å². The maximum absolute atomic E-state index is 13.3. The van der Waals surface area contributed by atoms with Gasteiger partial charge in [-0.1, -0.05) is 36.7 Å². The van der Waals surface area contributed by atoms with Gasteiger partial charge in [0.2, 0.25) is 5.91 Å². The number of nitrogens with zero attached hydrogens (tertiary/aromatic N) is 5. The molecule has 2 saturated heterocycles. The lowest BCUT2D eigenvalue weighted by Gasteiger charge is -2.43. The van der Waals surface area contributed by atoms with Gasteiger partial charge in [0.05, 0.1) is 6.42 Å². The highest BCUT2D eigenvalue weighted by Gasteiger charge is 2.51. The number of aromatic nitrogens is 3. The van der Waals surface area contributed by atoms with Gasteiger partial charge in [-0.25, -0.2) is 0 Å². The lowest BCUT2D eigenvalue weighted by molar-refractivity contribution is -0.130. The highest BCUT2D eigenvalue weighted by atomic mass is 35.5. The molecule has 4 rings (SSSR count). The molecule has 2 fully saturated rings. The van der Waals surface area contributed by atoms with Crippen molar-refractivity contribution in [3.63, 3.8) is 0 Å². The van der Waals surface area contributed by atoms with Gasteiger partial charge in [-0.2, -0.15) is 0 Å². The van der Waals surface area contributed by atoms with E-state index in [9.17, 15) is 4.79 Å². The number of likely N-dealkylation sites (tertiary alicyclic amines) is 2. The molecule has 1 spiro atoms. The average Bonchev–Trinajstić information content (AvgIpc) is 3.35. The molecule has 1 unspecified atom stereocenters. The lowest BCUT2D eigenvalue weighted by Crippen LogP contribution is -2.46. The summed E-state index contributed by atoms with van der Waals surface area (Å²) in [6.07, 6.45) is 5.42. The Hall–Kier alpha value is -1.92. The van der Waals surface area contributed by atoms with Crippen molar-refractivity contribution in [2.75, 3.05) is 26.2 Å². The Balaban J connectivity index is 1.58. The molecule has 168 valence electrons. The lowest BCUT2D eigenvalue weighted by atomic mass is 9.70. The zero-order chi connectivity index (χ0) is 22.0. The van der Waals surface area contributed by atoms with Crippen LogP contribution in [0.1, 0.15) is 57.3 Å². The zero-order valence-corrected chi connectivity index (χ0v) is 19.7. The first-order valence-corrected chi connectivity index (χ1v) is 11.9. The van der Waals surface area contributed by atoms with Crippen LogP contribution < -0.4 is 0 Å². The van der Waals surface area contributed by atoms with Gasteiger partial charge in [0, 0.05) is 42.0 Å². The third-order valence-corrected chi connectivity index (χ3v) is 7.61. The molecule has 1 aromatic carbocycles. The highest BCUT2D eigenvalue weighted by molar-refractivity contribution is 6.31. The van der Waals surface area contributed by atoms with Crippen LogP contribution in [-0.2, 0) is 17.8 Å². The van der Waals surface area contributed by atoms with Crippen LogP contribution in [0.15, 0.2) is 30.6 Å². The SMILES string of the molecule is CCCn1cnnc1C1CN(C(=O)Cc2ccccc2Cl)CC12CCN(C(C)C)CC2. The molecule has 1 atom stereocenters. The van der Waals surface area contributed by atoms with Gasteiger partial charge in [0.25, 0.3) is 0 Å². The Bertz CT molecular complexity index is 903. The molecule has 2 aromatic rings. The summed E-state index contributed by atoms with van der Waals surface area (Å²) in [5.74, 6) is 1.43. The molecule has 0 N–H and O–H groups in total. The number of aryl methyl sites for hydroxylation is 1. The first kappa shape index (κ1) is 22.3. The van der Waals surface area contributed by atoms with Crippen molar-refractivity contribution in [2.45, 2.75) is 65.0 Å². The van der Waals surface area contributed by atoms with Crippen molar-refractivity contribution in [2.24, 2.45) is 5.41 Å². The Morgan fingerprint density at radius 1 is 1.26 bits per heavy atom. The number of piperidine rings is 1. The van der Waals surface area contributed by atoms with Crippen molar-refractivity contribution in [1.82, 2.24) is 24.6 Å². The number of hydrogen-bond donors (Lipinski definition) is 0. The number of rotatable bonds is 6. The van der Waals surface area contributed by atoms with E-state index >= 15 is 0 Å². The molecular formula is C24H34ClN5O. The maximum atomic E-state index is 13.3. The van der Waals surface area contributed by atoms with Crippen LogP contribution in [0.3, 0.4) is 0 Å². The third kappa shape index (κ3) is 4.51. The summed E-state index contributed by atoms with van der Waals surface area (Å²) < 4.78 is 2.20. The van der Waals surface area contributed by atoms with Crippen molar-refractivity contribution in [3.8, 4) is 0 Å². The molecule has 3 heterocycles. The molecule has 0 aliphatic carbocycles. The number of amides is 1. The number of hydrogen-bond acceptors (Lipinski definition) is 4. The van der Waals surface area contributed by atoms with Crippen LogP contribution in [0.2, 0.25) is 5.02 Å². The Kier molecular flexibility index (Phi) is 6.68. The van der Waals surface area contributed by atoms with Crippen LogP contribution >= 0.6 is 11.6 Å². The first-order valence-electron chi connectivity index (χ1n) is 11.6. The summed E-state index contributed by atoms with van der Waals surface area (Å²) in [5, 5.41) is 9.45. The Labute approximate surface area is 190 Å². The van der Waals surface area contributed by atoms with Gasteiger partial charge >= 0.3 is 0 Å². The fourth-order valence-electron chi connectivity index (χ4n) is 5.37. The summed E-state index contributed by atoms with van der Waals surface area (Å²) in [4.78, 5) is 17.9. The number of carbonyl (C=O) groups is 1. The fourth-order valence-corrected chi connectivity index (χ4v) is 5.57. The maximum Gasteiger partial charge on any atom is 0.227 e. The molecule has 0 bridgehead atoms. The molecule has 1 amide bonds. The zero-order valence-electron chi connectivity index (χ0n) is 18.9. The highest BCUT2D eigenvalue weighted by Crippen LogP contribution is 2.49. The second-order valence-corrected chi connectivity index (χ2v) is 9.88. The van der Waals surface area contributed by atoms with Gasteiger partial charge in [-0.3, -0.25) is 4.79 Å². The topological polar surface area (TPSA) is 54.3 Å². The quantitative estimate of drug-likeness (QED) is 0.677. The van der Waals surface area contributed by atoms with E-state index in [2.05, 4.69) is 45.3 Å². The van der Waals surface area contributed by atoms with E-state index in [0.717, 1.165) is 56.8 Å². The molecule has 2 aliphatic heterocycles. The molecular weight excluding hydrogens is 410 g/mol. The minimum absolute atomic E-state index is 0.0695. The van der Waals surface area contributed by atoms with E-state index in [1.165, 1.54) is 0 Å². The molecule has 1 aromatic heterocycles. The van der Waals surface area contributed by atoms with Crippen LogP contribution in [0.25, 0.3) is 0 Å². The van der Waals surface area contributed by atoms with Gasteiger partial charge in [-0.05, 0) is 57.8 Å². The summed E-state index contributed by atoms with van der Waals surface area (Å²) in [5.41, 5.74) is 0.968. The van der Waals surface area contributed by atoms with E-state index in [4.69, 9.17) is 11.6 Å². The van der Waals surface area contributed by atoms with Gasteiger partial charge in [0.15, 0.2) is 0 Å². The first-order chi connectivity index (χ1) is 14.9. The standard InChI is InChI=1S/C24H34ClN5O/c1-4-11-29-17-26-27-23(29)20-15-30(22(31)14-19-7-5-6-8-21(19)25)16-24(20)9-12-28(13-10-24)18(2)3/h5-8,17-18,20H,4,9-16H2,1-3H3. The molecule has 0 saturated carbocycles. The van der Waals surface area contributed by atoms with Crippen molar-refractivity contribution in [1.29, 1.82) is 0 Å². The van der Waals surface area contributed by atoms with Crippen LogP contribution in [0, 0.1) is 5.41 Å². The summed E-state index contributed by atoms with van der Waals surface area (Å²) in [6, 6.07) is 8.20. The monoisotopic (exact) mass is 443 g/mol. The fraction of sp³-hybridized carbons (Fsp3) is 0.625. The number of halogens is 1. The number of benzene rings is 1. The molecule has 7 heteroatoms. The van der Waals surface area contributed by atoms with Crippen LogP contribution in [-0.4, -0.2) is 62.7 Å². The molecule has 31 heavy (non-hydrogen) atoms. The second-order valence-electron chi connectivity index (χ2n) is 9.47. The van der Waals surface area contributed by atoms with E-state index in [0.29, 0.717) is 24.0 Å². The van der Waals surface area contributed by atoms with E-state index in [-0.39, 0.29) is 17.2 Å². The summed E-state index contributed by atoms with van der Waals surface area (Å²) in [7, 11) is 0. The van der Waals surface area contributed by atoms with E-state index in [1.807, 2.05) is 30.6 Å². The van der Waals surface area contributed by atoms with Gasteiger partial charge in [0.1, 0.15) is 12.2 Å². The summed E-state index contributed by atoms with van der Waals surface area (Å²) >= 11 is 6.33. The third-order valence-electron chi connectivity index (χ3n) is 7.25. The minimum Gasteiger partial charge on any atom is -0.341 e. The average molecular weight is 444 g/mol. The van der Waals surface area contributed by atoms with Crippen molar-refractivity contribution >= 4 is 17.5 Å². The van der Waals surface area contributed by atoms with E-state index in [1.54, 1.807) is 0 Å². The Morgan fingerprint density at radius 3 is 2.68 bits per heavy atom. The second kappa shape index (κ2) is 9.29. The predicted octanol–water partition coefficient (Wildman–Crippen LogP) is 4.00. The molecule has 6 nitrogen and oxygen atoms in total. The largest absolute Gasteiger partial charge is 0.341 e.